The van der Waals surface area contributed by atoms with Crippen LogP contribution in [0.1, 0.15) is 142 Å². The Hall–Kier alpha value is -1.32. The molecule has 188 valence electrons. The molecule has 0 bridgehead atoms. The minimum atomic E-state index is -0.431. The third-order valence-corrected chi connectivity index (χ3v) is 5.94. The molecule has 0 radical (unpaired) electrons. The number of unbranched alkanes of at least 4 members (excludes halogenated alkanes) is 18. The van der Waals surface area contributed by atoms with Crippen molar-refractivity contribution >= 4 is 11.9 Å². The quantitative estimate of drug-likeness (QED) is 0.0917. The van der Waals surface area contributed by atoms with Gasteiger partial charge in [-0.3, -0.25) is 4.79 Å². The van der Waals surface area contributed by atoms with E-state index in [0.717, 1.165) is 38.5 Å². The van der Waals surface area contributed by atoms with Crippen molar-refractivity contribution in [2.45, 2.75) is 142 Å². The Morgan fingerprint density at radius 1 is 0.562 bits per heavy atom. The Balaban J connectivity index is 3.30. The zero-order valence-electron chi connectivity index (χ0n) is 21.4. The molecule has 0 aromatic heterocycles. The minimum Gasteiger partial charge on any atom is -0.463 e. The second-order valence-corrected chi connectivity index (χ2v) is 9.16. The van der Waals surface area contributed by atoms with Crippen LogP contribution in [0.2, 0.25) is 0 Å². The molecule has 0 aliphatic heterocycles. The van der Waals surface area contributed by atoms with E-state index in [0.29, 0.717) is 13.2 Å². The SMILES string of the molecule is CCCCCCCCCCCCCCCCCCNC(=O)/C=C\C(=O)OCCCCCC. The largest absolute Gasteiger partial charge is 0.463 e. The lowest BCUT2D eigenvalue weighted by Crippen LogP contribution is -2.22. The summed E-state index contributed by atoms with van der Waals surface area (Å²) >= 11 is 0. The molecule has 0 fully saturated rings. The molecule has 0 saturated heterocycles. The highest BCUT2D eigenvalue weighted by Gasteiger charge is 2.00. The van der Waals surface area contributed by atoms with Crippen molar-refractivity contribution in [1.29, 1.82) is 0 Å². The number of hydrogen-bond donors (Lipinski definition) is 1. The first-order chi connectivity index (χ1) is 15.7. The van der Waals surface area contributed by atoms with Crippen molar-refractivity contribution in [3.63, 3.8) is 0 Å². The highest BCUT2D eigenvalue weighted by molar-refractivity contribution is 5.94. The van der Waals surface area contributed by atoms with E-state index in [-0.39, 0.29) is 5.91 Å². The van der Waals surface area contributed by atoms with Crippen molar-refractivity contribution in [2.24, 2.45) is 0 Å². The summed E-state index contributed by atoms with van der Waals surface area (Å²) < 4.78 is 5.07. The maximum Gasteiger partial charge on any atom is 0.330 e. The van der Waals surface area contributed by atoms with Crippen molar-refractivity contribution < 1.29 is 14.3 Å². The zero-order valence-corrected chi connectivity index (χ0v) is 21.4. The standard InChI is InChI=1S/C28H53NO3/c1-3-5-7-9-10-11-12-13-14-15-16-17-18-19-20-21-25-29-27(30)23-24-28(31)32-26-22-8-6-4-2/h23-24H,3-22,25-26H2,1-2H3,(H,29,30)/b24-23-. The fraction of sp³-hybridized carbons (Fsp3) is 0.857. The van der Waals surface area contributed by atoms with Gasteiger partial charge in [0.1, 0.15) is 0 Å². The van der Waals surface area contributed by atoms with Crippen molar-refractivity contribution in [3.05, 3.63) is 12.2 Å². The third kappa shape index (κ3) is 24.9. The minimum absolute atomic E-state index is 0.214. The summed E-state index contributed by atoms with van der Waals surface area (Å²) in [5, 5.41) is 2.84. The topological polar surface area (TPSA) is 55.4 Å². The second kappa shape index (κ2) is 25.9. The van der Waals surface area contributed by atoms with E-state index in [1.165, 1.54) is 102 Å². The molecule has 0 unspecified atom stereocenters. The van der Waals surface area contributed by atoms with Gasteiger partial charge >= 0.3 is 5.97 Å². The Labute approximate surface area is 199 Å². The normalized spacial score (nSPS) is 11.2. The number of esters is 1. The van der Waals surface area contributed by atoms with Crippen molar-refractivity contribution in [3.8, 4) is 0 Å². The van der Waals surface area contributed by atoms with Gasteiger partial charge in [-0.2, -0.15) is 0 Å². The molecule has 0 heterocycles. The molecule has 0 aromatic carbocycles. The number of hydrogen-bond acceptors (Lipinski definition) is 3. The summed E-state index contributed by atoms with van der Waals surface area (Å²) in [5.74, 6) is -0.645. The summed E-state index contributed by atoms with van der Waals surface area (Å²) in [6.45, 7) is 5.53. The van der Waals surface area contributed by atoms with Crippen molar-refractivity contribution in [2.75, 3.05) is 13.2 Å². The Kier molecular flexibility index (Phi) is 24.9. The van der Waals surface area contributed by atoms with Crippen LogP contribution < -0.4 is 5.32 Å². The molecule has 0 aliphatic carbocycles. The van der Waals surface area contributed by atoms with Gasteiger partial charge in [0.15, 0.2) is 0 Å². The van der Waals surface area contributed by atoms with E-state index >= 15 is 0 Å². The van der Waals surface area contributed by atoms with Crippen LogP contribution in [0.25, 0.3) is 0 Å². The first-order valence-corrected chi connectivity index (χ1v) is 13.8. The molecule has 1 N–H and O–H groups in total. The number of rotatable bonds is 24. The molecule has 0 aromatic rings. The van der Waals surface area contributed by atoms with E-state index in [4.69, 9.17) is 4.74 Å². The van der Waals surface area contributed by atoms with Gasteiger partial charge in [0.25, 0.3) is 0 Å². The zero-order chi connectivity index (χ0) is 23.5. The van der Waals surface area contributed by atoms with Gasteiger partial charge in [0.2, 0.25) is 5.91 Å². The number of ether oxygens (including phenoxy) is 1. The van der Waals surface area contributed by atoms with Gasteiger partial charge in [0, 0.05) is 18.7 Å². The summed E-state index contributed by atoms with van der Waals surface area (Å²) in [5.41, 5.74) is 0. The molecular formula is C28H53NO3. The van der Waals surface area contributed by atoms with Gasteiger partial charge in [-0.25, -0.2) is 4.79 Å². The maximum absolute atomic E-state index is 11.7. The van der Waals surface area contributed by atoms with Gasteiger partial charge in [0.05, 0.1) is 6.61 Å². The number of carbonyl (C=O) groups is 2. The molecular weight excluding hydrogens is 398 g/mol. The van der Waals surface area contributed by atoms with Gasteiger partial charge < -0.3 is 10.1 Å². The monoisotopic (exact) mass is 451 g/mol. The predicted molar refractivity (Wildman–Crippen MR) is 137 cm³/mol. The molecule has 0 spiro atoms. The van der Waals surface area contributed by atoms with Gasteiger partial charge in [-0.15, -0.1) is 0 Å². The maximum atomic E-state index is 11.7. The van der Waals surface area contributed by atoms with Gasteiger partial charge in [-0.05, 0) is 12.8 Å². The van der Waals surface area contributed by atoms with Crippen LogP contribution in [-0.2, 0) is 14.3 Å². The number of amides is 1. The van der Waals surface area contributed by atoms with E-state index in [1.807, 2.05) is 0 Å². The summed E-state index contributed by atoms with van der Waals surface area (Å²) in [6.07, 6.45) is 28.3. The van der Waals surface area contributed by atoms with E-state index in [1.54, 1.807) is 0 Å². The van der Waals surface area contributed by atoms with Crippen LogP contribution in [-0.4, -0.2) is 25.0 Å². The molecule has 1 amide bonds. The molecule has 4 nitrogen and oxygen atoms in total. The number of nitrogens with one attached hydrogen (secondary N) is 1. The first-order valence-electron chi connectivity index (χ1n) is 13.8. The lowest BCUT2D eigenvalue weighted by Gasteiger charge is -2.04. The summed E-state index contributed by atoms with van der Waals surface area (Å²) in [6, 6.07) is 0. The molecule has 0 saturated carbocycles. The first kappa shape index (κ1) is 30.7. The smallest absolute Gasteiger partial charge is 0.330 e. The Morgan fingerprint density at radius 2 is 0.969 bits per heavy atom. The fourth-order valence-electron chi connectivity index (χ4n) is 3.84. The average Bonchev–Trinajstić information content (AvgIpc) is 2.79. The van der Waals surface area contributed by atoms with Crippen LogP contribution in [0, 0.1) is 0 Å². The van der Waals surface area contributed by atoms with E-state index < -0.39 is 5.97 Å². The van der Waals surface area contributed by atoms with Crippen LogP contribution in [0.3, 0.4) is 0 Å². The van der Waals surface area contributed by atoms with Crippen LogP contribution in [0.5, 0.6) is 0 Å². The van der Waals surface area contributed by atoms with Crippen LogP contribution >= 0.6 is 0 Å². The van der Waals surface area contributed by atoms with Crippen LogP contribution in [0.4, 0.5) is 0 Å². The van der Waals surface area contributed by atoms with Crippen molar-refractivity contribution in [1.82, 2.24) is 5.32 Å². The Morgan fingerprint density at radius 3 is 1.44 bits per heavy atom. The highest BCUT2D eigenvalue weighted by atomic mass is 16.5. The average molecular weight is 452 g/mol. The molecule has 0 rings (SSSR count). The fourth-order valence-corrected chi connectivity index (χ4v) is 3.84. The molecule has 4 heteroatoms. The number of carbonyl (C=O) groups excluding carboxylic acids is 2. The van der Waals surface area contributed by atoms with E-state index in [9.17, 15) is 9.59 Å². The predicted octanol–water partition coefficient (Wildman–Crippen LogP) is 8.04. The Bertz CT molecular complexity index is 448. The molecule has 0 aliphatic rings. The van der Waals surface area contributed by atoms with Crippen LogP contribution in [0.15, 0.2) is 12.2 Å². The summed E-state index contributed by atoms with van der Waals surface area (Å²) in [4.78, 5) is 23.2. The highest BCUT2D eigenvalue weighted by Crippen LogP contribution is 2.13. The van der Waals surface area contributed by atoms with Gasteiger partial charge in [-0.1, -0.05) is 129 Å². The second-order valence-electron chi connectivity index (χ2n) is 9.16. The third-order valence-electron chi connectivity index (χ3n) is 5.94. The molecule has 0 atom stereocenters. The lowest BCUT2D eigenvalue weighted by molar-refractivity contribution is -0.138. The lowest BCUT2D eigenvalue weighted by atomic mass is 10.0. The molecule has 32 heavy (non-hydrogen) atoms. The van der Waals surface area contributed by atoms with E-state index in [2.05, 4.69) is 19.2 Å². The summed E-state index contributed by atoms with van der Waals surface area (Å²) in [7, 11) is 0.